The van der Waals surface area contributed by atoms with E-state index >= 15 is 0 Å². The molecule has 4 heterocycles. The van der Waals surface area contributed by atoms with Crippen LogP contribution in [0.5, 0.6) is 0 Å². The molecule has 9 nitrogen and oxygen atoms in total. The molecule has 0 radical (unpaired) electrons. The van der Waals surface area contributed by atoms with E-state index in [9.17, 15) is 9.59 Å². The van der Waals surface area contributed by atoms with Gasteiger partial charge in [-0.2, -0.15) is 16.9 Å². The molecule has 0 saturated carbocycles. The van der Waals surface area contributed by atoms with Gasteiger partial charge in [0.25, 0.3) is 5.56 Å². The molecule has 1 aliphatic heterocycles. The van der Waals surface area contributed by atoms with Crippen molar-refractivity contribution >= 4 is 23.6 Å². The minimum absolute atomic E-state index is 0.228. The van der Waals surface area contributed by atoms with Crippen LogP contribution in [0.15, 0.2) is 27.5 Å². The number of anilines is 1. The van der Waals surface area contributed by atoms with E-state index in [4.69, 9.17) is 4.52 Å². The Hall–Kier alpha value is -2.88. The molecule has 10 heteroatoms. The minimum atomic E-state index is -0.402. The summed E-state index contributed by atoms with van der Waals surface area (Å²) < 4.78 is 7.90. The zero-order chi connectivity index (χ0) is 18.3. The Balaban J connectivity index is 1.55. The van der Waals surface area contributed by atoms with Gasteiger partial charge in [-0.25, -0.2) is 9.36 Å². The van der Waals surface area contributed by atoms with Crippen LogP contribution in [0.4, 0.5) is 5.88 Å². The number of hydrogen-bond acceptors (Lipinski definition) is 7. The molecular weight excluding hydrogens is 356 g/mol. The van der Waals surface area contributed by atoms with Gasteiger partial charge in [-0.05, 0) is 26.0 Å². The summed E-state index contributed by atoms with van der Waals surface area (Å²) in [6, 6.07) is 4.86. The summed E-state index contributed by atoms with van der Waals surface area (Å²) in [5, 5.41) is 15.2. The molecule has 0 bridgehead atoms. The Morgan fingerprint density at radius 2 is 2.15 bits per heavy atom. The van der Waals surface area contributed by atoms with Crippen LogP contribution in [0.3, 0.4) is 0 Å². The summed E-state index contributed by atoms with van der Waals surface area (Å²) in [5.41, 5.74) is 3.12. The number of nitrogens with zero attached hydrogens (tertiary/aromatic N) is 5. The second-order valence-corrected chi connectivity index (χ2v) is 6.99. The van der Waals surface area contributed by atoms with E-state index in [1.807, 2.05) is 19.9 Å². The zero-order valence-electron chi connectivity index (χ0n) is 14.2. The predicted molar refractivity (Wildman–Crippen MR) is 95.2 cm³/mol. The lowest BCUT2D eigenvalue weighted by atomic mass is 10.3. The van der Waals surface area contributed by atoms with Crippen LogP contribution in [0.2, 0.25) is 0 Å². The molecule has 4 rings (SSSR count). The maximum absolute atomic E-state index is 12.3. The van der Waals surface area contributed by atoms with Crippen LogP contribution in [-0.2, 0) is 22.8 Å². The predicted octanol–water partition coefficient (Wildman–Crippen LogP) is 1.42. The zero-order valence-corrected chi connectivity index (χ0v) is 15.0. The highest BCUT2D eigenvalue weighted by Gasteiger charge is 2.23. The fourth-order valence-electron chi connectivity index (χ4n) is 2.78. The summed E-state index contributed by atoms with van der Waals surface area (Å²) in [6.07, 6.45) is 0. The number of aryl methyl sites for hydroxylation is 2. The van der Waals surface area contributed by atoms with Gasteiger partial charge in [0.2, 0.25) is 11.8 Å². The highest BCUT2D eigenvalue weighted by molar-refractivity contribution is 7.98. The maximum atomic E-state index is 12.3. The fraction of sp³-hybridized carbons (Fsp3) is 0.312. The molecule has 0 fully saturated rings. The number of carbonyl (C=O) groups is 1. The molecular formula is C16H16N6O3S. The number of nitrogens with one attached hydrogen (secondary N) is 1. The topological polar surface area (TPSA) is 108 Å². The van der Waals surface area contributed by atoms with Crippen LogP contribution >= 0.6 is 11.8 Å². The summed E-state index contributed by atoms with van der Waals surface area (Å²) in [4.78, 5) is 24.4. The number of rotatable bonds is 4. The highest BCUT2D eigenvalue weighted by Crippen LogP contribution is 2.34. The number of aromatic nitrogens is 5. The van der Waals surface area contributed by atoms with Crippen molar-refractivity contribution in [2.24, 2.45) is 0 Å². The maximum Gasteiger partial charge on any atom is 0.267 e. The average Bonchev–Trinajstić information content (AvgIpc) is 3.27. The average molecular weight is 372 g/mol. The van der Waals surface area contributed by atoms with Gasteiger partial charge in [0.1, 0.15) is 6.54 Å². The first-order valence-corrected chi connectivity index (χ1v) is 9.13. The molecule has 26 heavy (non-hydrogen) atoms. The molecule has 3 aromatic rings. The molecule has 0 spiro atoms. The molecule has 134 valence electrons. The standard InChI is InChI=1S/C16H16N6O3S/c1-9-5-10(2)22(18-9)13-3-4-15(24)21(19-13)6-14(23)17-16-11-7-26-8-12(11)20-25-16/h3-5H,6-8H2,1-2H3,(H,17,23). The molecule has 0 unspecified atom stereocenters. The Labute approximate surface area is 152 Å². The van der Waals surface area contributed by atoms with Crippen molar-refractivity contribution in [1.29, 1.82) is 0 Å². The van der Waals surface area contributed by atoms with E-state index in [2.05, 4.69) is 20.7 Å². The van der Waals surface area contributed by atoms with E-state index in [0.717, 1.165) is 38.8 Å². The molecule has 3 aromatic heterocycles. The van der Waals surface area contributed by atoms with Crippen LogP contribution in [0.1, 0.15) is 22.6 Å². The first kappa shape index (κ1) is 16.6. The normalized spacial score (nSPS) is 13.0. The molecule has 1 aliphatic rings. The summed E-state index contributed by atoms with van der Waals surface area (Å²) in [5.74, 6) is 1.94. The Morgan fingerprint density at radius 1 is 1.31 bits per heavy atom. The number of carbonyl (C=O) groups excluding carboxylic acids is 1. The van der Waals surface area contributed by atoms with E-state index in [1.165, 1.54) is 6.07 Å². The monoisotopic (exact) mass is 372 g/mol. The second kappa shape index (κ2) is 6.45. The SMILES string of the molecule is Cc1cc(C)n(-c2ccc(=O)n(CC(=O)Nc3onc4c3CSC4)n2)n1. The number of fused-ring (bicyclic) bond motifs is 1. The summed E-state index contributed by atoms with van der Waals surface area (Å²) >= 11 is 1.71. The van der Waals surface area contributed by atoms with Gasteiger partial charge in [0.15, 0.2) is 5.82 Å². The lowest BCUT2D eigenvalue weighted by molar-refractivity contribution is -0.117. The van der Waals surface area contributed by atoms with Gasteiger partial charge in [0, 0.05) is 23.3 Å². The van der Waals surface area contributed by atoms with Crippen LogP contribution in [0, 0.1) is 13.8 Å². The van der Waals surface area contributed by atoms with Gasteiger partial charge in [-0.1, -0.05) is 5.16 Å². The summed E-state index contributed by atoms with van der Waals surface area (Å²) in [6.45, 7) is 3.54. The van der Waals surface area contributed by atoms with Crippen molar-refractivity contribution in [3.05, 3.63) is 51.2 Å². The minimum Gasteiger partial charge on any atom is -0.338 e. The molecule has 0 aliphatic carbocycles. The third-order valence-corrected chi connectivity index (χ3v) is 4.95. The van der Waals surface area contributed by atoms with Crippen molar-refractivity contribution < 1.29 is 9.32 Å². The van der Waals surface area contributed by atoms with Gasteiger partial charge in [0.05, 0.1) is 17.0 Å². The van der Waals surface area contributed by atoms with Crippen molar-refractivity contribution in [1.82, 2.24) is 24.7 Å². The molecule has 0 atom stereocenters. The van der Waals surface area contributed by atoms with Crippen molar-refractivity contribution in [2.45, 2.75) is 31.9 Å². The number of hydrogen-bond donors (Lipinski definition) is 1. The number of thioether (sulfide) groups is 1. The quantitative estimate of drug-likeness (QED) is 0.738. The smallest absolute Gasteiger partial charge is 0.267 e. The van der Waals surface area contributed by atoms with Gasteiger partial charge < -0.3 is 4.52 Å². The van der Waals surface area contributed by atoms with Crippen LogP contribution < -0.4 is 10.9 Å². The van der Waals surface area contributed by atoms with Crippen molar-refractivity contribution in [2.75, 3.05) is 5.32 Å². The van der Waals surface area contributed by atoms with Gasteiger partial charge >= 0.3 is 0 Å². The van der Waals surface area contributed by atoms with Crippen LogP contribution in [0.25, 0.3) is 5.82 Å². The lowest BCUT2D eigenvalue weighted by Crippen LogP contribution is -2.30. The van der Waals surface area contributed by atoms with E-state index in [1.54, 1.807) is 22.5 Å². The highest BCUT2D eigenvalue weighted by atomic mass is 32.2. The Morgan fingerprint density at radius 3 is 2.92 bits per heavy atom. The first-order chi connectivity index (χ1) is 12.5. The van der Waals surface area contributed by atoms with Crippen molar-refractivity contribution in [3.63, 3.8) is 0 Å². The fourth-order valence-corrected chi connectivity index (χ4v) is 3.80. The third-order valence-electron chi connectivity index (χ3n) is 3.98. The molecule has 1 amide bonds. The largest absolute Gasteiger partial charge is 0.338 e. The van der Waals surface area contributed by atoms with E-state index < -0.39 is 5.91 Å². The Bertz CT molecular complexity index is 1050. The molecule has 1 N–H and O–H groups in total. The Kier molecular flexibility index (Phi) is 4.11. The third kappa shape index (κ3) is 3.03. The number of amides is 1. The first-order valence-electron chi connectivity index (χ1n) is 7.98. The van der Waals surface area contributed by atoms with Crippen LogP contribution in [-0.4, -0.2) is 30.6 Å². The molecule has 0 aromatic carbocycles. The second-order valence-electron chi connectivity index (χ2n) is 6.00. The van der Waals surface area contributed by atoms with Gasteiger partial charge in [-0.3, -0.25) is 14.9 Å². The summed E-state index contributed by atoms with van der Waals surface area (Å²) in [7, 11) is 0. The van der Waals surface area contributed by atoms with E-state index in [0.29, 0.717) is 11.7 Å². The van der Waals surface area contributed by atoms with Crippen molar-refractivity contribution in [3.8, 4) is 5.82 Å². The van der Waals surface area contributed by atoms with E-state index in [-0.39, 0.29) is 12.1 Å². The molecule has 0 saturated heterocycles. The van der Waals surface area contributed by atoms with Gasteiger partial charge in [-0.15, -0.1) is 5.10 Å². The lowest BCUT2D eigenvalue weighted by Gasteiger charge is -2.08.